The molecule has 1 N–H and O–H groups in total. The van der Waals surface area contributed by atoms with Crippen LogP contribution in [0.3, 0.4) is 0 Å². The Morgan fingerprint density at radius 2 is 2.00 bits per heavy atom. The molecule has 0 saturated carbocycles. The van der Waals surface area contributed by atoms with Crippen LogP contribution in [-0.4, -0.2) is 55.2 Å². The zero-order valence-electron chi connectivity index (χ0n) is 14.8. The van der Waals surface area contributed by atoms with Crippen molar-refractivity contribution < 1.29 is 9.13 Å². The topological polar surface area (TPSA) is 36.9 Å². The van der Waals surface area contributed by atoms with Crippen molar-refractivity contribution in [2.24, 2.45) is 4.99 Å². The van der Waals surface area contributed by atoms with Gasteiger partial charge in [0.2, 0.25) is 0 Å². The number of nitrogens with one attached hydrogen (secondary N) is 1. The first-order valence-corrected chi connectivity index (χ1v) is 9.68. The van der Waals surface area contributed by atoms with E-state index in [9.17, 15) is 4.39 Å². The van der Waals surface area contributed by atoms with Crippen LogP contribution in [0.15, 0.2) is 29.3 Å². The highest BCUT2D eigenvalue weighted by Crippen LogP contribution is 2.34. The Labute approximate surface area is 148 Å². The second-order valence-electron chi connectivity index (χ2n) is 6.15. The first-order chi connectivity index (χ1) is 11.6. The SMILES string of the molecule is CCNC(=NCC1(SC)CCOCC1)N(C)Cc1ccc(F)cc1. The summed E-state index contributed by atoms with van der Waals surface area (Å²) in [5.41, 5.74) is 1.06. The molecular weight excluding hydrogens is 325 g/mol. The summed E-state index contributed by atoms with van der Waals surface area (Å²) in [6.45, 7) is 6.01. The van der Waals surface area contributed by atoms with Gasteiger partial charge in [-0.3, -0.25) is 4.99 Å². The Hall–Kier alpha value is -1.27. The number of halogens is 1. The minimum atomic E-state index is -0.205. The van der Waals surface area contributed by atoms with E-state index in [0.29, 0.717) is 6.54 Å². The smallest absolute Gasteiger partial charge is 0.194 e. The Morgan fingerprint density at radius 1 is 1.33 bits per heavy atom. The van der Waals surface area contributed by atoms with Gasteiger partial charge in [0.1, 0.15) is 5.82 Å². The van der Waals surface area contributed by atoms with E-state index in [1.54, 1.807) is 0 Å². The quantitative estimate of drug-likeness (QED) is 0.630. The molecule has 1 heterocycles. The first kappa shape index (κ1) is 19.1. The Morgan fingerprint density at radius 3 is 2.58 bits per heavy atom. The number of rotatable bonds is 6. The van der Waals surface area contributed by atoms with Crippen molar-refractivity contribution in [1.29, 1.82) is 0 Å². The van der Waals surface area contributed by atoms with Gasteiger partial charge in [0, 0.05) is 38.1 Å². The van der Waals surface area contributed by atoms with E-state index in [0.717, 1.165) is 50.7 Å². The maximum absolute atomic E-state index is 13.0. The summed E-state index contributed by atoms with van der Waals surface area (Å²) in [4.78, 5) is 6.96. The summed E-state index contributed by atoms with van der Waals surface area (Å²) in [5.74, 6) is 0.685. The molecular formula is C18H28FN3OS. The van der Waals surface area contributed by atoms with Gasteiger partial charge in [-0.15, -0.1) is 0 Å². The molecule has 1 aliphatic rings. The van der Waals surface area contributed by atoms with Crippen LogP contribution in [0.4, 0.5) is 4.39 Å². The van der Waals surface area contributed by atoms with Crippen LogP contribution < -0.4 is 5.32 Å². The lowest BCUT2D eigenvalue weighted by molar-refractivity contribution is 0.0793. The maximum Gasteiger partial charge on any atom is 0.194 e. The highest BCUT2D eigenvalue weighted by Gasteiger charge is 2.31. The summed E-state index contributed by atoms with van der Waals surface area (Å²) in [5, 5.41) is 3.36. The summed E-state index contributed by atoms with van der Waals surface area (Å²) in [6, 6.07) is 6.63. The average molecular weight is 354 g/mol. The van der Waals surface area contributed by atoms with Crippen LogP contribution in [0.25, 0.3) is 0 Å². The van der Waals surface area contributed by atoms with E-state index in [2.05, 4.69) is 23.4 Å². The van der Waals surface area contributed by atoms with E-state index < -0.39 is 0 Å². The molecule has 0 spiro atoms. The van der Waals surface area contributed by atoms with Crippen LogP contribution in [0, 0.1) is 5.82 Å². The van der Waals surface area contributed by atoms with Crippen molar-refractivity contribution in [1.82, 2.24) is 10.2 Å². The molecule has 1 aromatic carbocycles. The van der Waals surface area contributed by atoms with E-state index >= 15 is 0 Å². The molecule has 0 amide bonds. The van der Waals surface area contributed by atoms with Gasteiger partial charge in [-0.2, -0.15) is 11.8 Å². The van der Waals surface area contributed by atoms with Crippen LogP contribution in [0.1, 0.15) is 25.3 Å². The van der Waals surface area contributed by atoms with E-state index in [1.807, 2.05) is 30.9 Å². The van der Waals surface area contributed by atoms with Gasteiger partial charge in [0.05, 0.1) is 6.54 Å². The van der Waals surface area contributed by atoms with E-state index in [-0.39, 0.29) is 10.6 Å². The minimum absolute atomic E-state index is 0.176. The molecule has 134 valence electrons. The third-order valence-corrected chi connectivity index (χ3v) is 5.79. The fourth-order valence-corrected chi connectivity index (χ4v) is 3.57. The zero-order chi connectivity index (χ0) is 17.4. The summed E-state index contributed by atoms with van der Waals surface area (Å²) < 4.78 is 18.7. The number of hydrogen-bond acceptors (Lipinski definition) is 3. The standard InChI is InChI=1S/C18H28FN3OS/c1-4-20-17(21-14-18(24-3)9-11-23-12-10-18)22(2)13-15-5-7-16(19)8-6-15/h5-8H,4,9-14H2,1-3H3,(H,20,21). The molecule has 0 unspecified atom stereocenters. The fraction of sp³-hybridized carbons (Fsp3) is 0.611. The third-order valence-electron chi connectivity index (χ3n) is 4.38. The van der Waals surface area contributed by atoms with Gasteiger partial charge < -0.3 is 15.0 Å². The summed E-state index contributed by atoms with van der Waals surface area (Å²) >= 11 is 1.90. The van der Waals surface area contributed by atoms with Gasteiger partial charge in [0.15, 0.2) is 5.96 Å². The van der Waals surface area contributed by atoms with Gasteiger partial charge in [-0.25, -0.2) is 4.39 Å². The molecule has 0 aliphatic carbocycles. The molecule has 1 aliphatic heterocycles. The minimum Gasteiger partial charge on any atom is -0.381 e. The highest BCUT2D eigenvalue weighted by molar-refractivity contribution is 8.00. The molecule has 24 heavy (non-hydrogen) atoms. The lowest BCUT2D eigenvalue weighted by Crippen LogP contribution is -2.41. The maximum atomic E-state index is 13.0. The second-order valence-corrected chi connectivity index (χ2v) is 7.43. The normalized spacial score (nSPS) is 17.6. The Bertz CT molecular complexity index is 530. The molecule has 0 atom stereocenters. The van der Waals surface area contributed by atoms with Gasteiger partial charge >= 0.3 is 0 Å². The number of aliphatic imine (C=N–C) groups is 1. The predicted molar refractivity (Wildman–Crippen MR) is 100 cm³/mol. The van der Waals surface area contributed by atoms with Gasteiger partial charge in [-0.05, 0) is 43.7 Å². The molecule has 1 aromatic rings. The fourth-order valence-electron chi connectivity index (χ4n) is 2.80. The third kappa shape index (κ3) is 5.38. The lowest BCUT2D eigenvalue weighted by Gasteiger charge is -2.34. The number of guanidine groups is 1. The van der Waals surface area contributed by atoms with Crippen molar-refractivity contribution in [3.05, 3.63) is 35.6 Å². The molecule has 4 nitrogen and oxygen atoms in total. The molecule has 6 heteroatoms. The zero-order valence-corrected chi connectivity index (χ0v) is 15.7. The van der Waals surface area contributed by atoms with Crippen molar-refractivity contribution in [2.75, 3.05) is 39.6 Å². The molecule has 0 bridgehead atoms. The van der Waals surface area contributed by atoms with Gasteiger partial charge in [-0.1, -0.05) is 12.1 Å². The monoisotopic (exact) mass is 353 g/mol. The van der Waals surface area contributed by atoms with E-state index in [4.69, 9.17) is 9.73 Å². The largest absolute Gasteiger partial charge is 0.381 e. The Balaban J connectivity index is 2.04. The molecule has 0 aromatic heterocycles. The summed E-state index contributed by atoms with van der Waals surface area (Å²) in [7, 11) is 2.01. The number of nitrogens with zero attached hydrogens (tertiary/aromatic N) is 2. The predicted octanol–water partition coefficient (Wildman–Crippen LogP) is 3.14. The molecule has 1 fully saturated rings. The average Bonchev–Trinajstić information content (AvgIpc) is 2.61. The number of benzene rings is 1. The molecule has 1 saturated heterocycles. The molecule has 2 rings (SSSR count). The number of thioether (sulfide) groups is 1. The van der Waals surface area contributed by atoms with Crippen LogP contribution in [-0.2, 0) is 11.3 Å². The van der Waals surface area contributed by atoms with Crippen LogP contribution in [0.5, 0.6) is 0 Å². The Kier molecular flexibility index (Phi) is 7.37. The van der Waals surface area contributed by atoms with Gasteiger partial charge in [0.25, 0.3) is 0 Å². The number of ether oxygens (including phenoxy) is 1. The van der Waals surface area contributed by atoms with E-state index in [1.165, 1.54) is 12.1 Å². The number of hydrogen-bond donors (Lipinski definition) is 1. The van der Waals surface area contributed by atoms with Crippen molar-refractivity contribution in [2.45, 2.75) is 31.1 Å². The van der Waals surface area contributed by atoms with Crippen molar-refractivity contribution in [3.63, 3.8) is 0 Å². The van der Waals surface area contributed by atoms with Crippen LogP contribution in [0.2, 0.25) is 0 Å². The second kappa shape index (κ2) is 9.28. The van der Waals surface area contributed by atoms with Crippen LogP contribution >= 0.6 is 11.8 Å². The summed E-state index contributed by atoms with van der Waals surface area (Å²) in [6.07, 6.45) is 4.24. The molecule has 0 radical (unpaired) electrons. The van der Waals surface area contributed by atoms with Crippen molar-refractivity contribution >= 4 is 17.7 Å². The lowest BCUT2D eigenvalue weighted by atomic mass is 9.99. The highest BCUT2D eigenvalue weighted by atomic mass is 32.2. The van der Waals surface area contributed by atoms with Crippen molar-refractivity contribution in [3.8, 4) is 0 Å². The first-order valence-electron chi connectivity index (χ1n) is 8.45.